The third-order valence-corrected chi connectivity index (χ3v) is 1.37. The summed E-state index contributed by atoms with van der Waals surface area (Å²) in [4.78, 5) is 20.1. The molecule has 3 nitrogen and oxygen atoms in total. The van der Waals surface area contributed by atoms with Gasteiger partial charge in [0.25, 0.3) is 0 Å². The van der Waals surface area contributed by atoms with Crippen molar-refractivity contribution in [2.45, 2.75) is 12.8 Å². The third kappa shape index (κ3) is 1.37. The number of carbonyl (C=O) groups is 1. The SMILES string of the molecule is O=CC1=CCCC(N=O)=C1. The Bertz CT molecular complexity index is 216. The molecule has 0 bridgehead atoms. The summed E-state index contributed by atoms with van der Waals surface area (Å²) in [5, 5.41) is 2.76. The topological polar surface area (TPSA) is 46.5 Å². The molecule has 0 unspecified atom stereocenters. The number of rotatable bonds is 2. The van der Waals surface area contributed by atoms with Crippen molar-refractivity contribution in [3.63, 3.8) is 0 Å². The maximum absolute atomic E-state index is 10.2. The number of aldehydes is 1. The lowest BCUT2D eigenvalue weighted by atomic mass is 10.1. The zero-order chi connectivity index (χ0) is 7.40. The van der Waals surface area contributed by atoms with E-state index < -0.39 is 0 Å². The van der Waals surface area contributed by atoms with E-state index in [0.29, 0.717) is 17.7 Å². The Kier molecular flexibility index (Phi) is 2.10. The van der Waals surface area contributed by atoms with Gasteiger partial charge in [0, 0.05) is 5.57 Å². The molecule has 0 aromatic carbocycles. The lowest BCUT2D eigenvalue weighted by Crippen LogP contribution is -1.90. The van der Waals surface area contributed by atoms with Crippen LogP contribution in [0.15, 0.2) is 28.6 Å². The molecule has 0 aromatic heterocycles. The maximum atomic E-state index is 10.2. The number of hydrogen-bond acceptors (Lipinski definition) is 3. The summed E-state index contributed by atoms with van der Waals surface area (Å²) in [5.74, 6) is 0. The zero-order valence-corrected chi connectivity index (χ0v) is 5.41. The van der Waals surface area contributed by atoms with Crippen LogP contribution in [0.25, 0.3) is 0 Å². The monoisotopic (exact) mass is 137 g/mol. The number of nitrogens with zero attached hydrogens (tertiary/aromatic N) is 1. The molecular weight excluding hydrogens is 130 g/mol. The minimum absolute atomic E-state index is 0.463. The predicted molar refractivity (Wildman–Crippen MR) is 37.3 cm³/mol. The van der Waals surface area contributed by atoms with Crippen LogP contribution in [0.1, 0.15) is 12.8 Å². The fourth-order valence-electron chi connectivity index (χ4n) is 0.864. The van der Waals surface area contributed by atoms with Gasteiger partial charge in [-0.05, 0) is 24.1 Å². The Morgan fingerprint density at radius 1 is 1.60 bits per heavy atom. The summed E-state index contributed by atoms with van der Waals surface area (Å²) in [6, 6.07) is 0. The molecule has 0 radical (unpaired) electrons. The first-order chi connectivity index (χ1) is 4.86. The van der Waals surface area contributed by atoms with Gasteiger partial charge in [-0.25, -0.2) is 0 Å². The molecule has 52 valence electrons. The minimum Gasteiger partial charge on any atom is -0.298 e. The molecule has 0 N–H and O–H groups in total. The van der Waals surface area contributed by atoms with Crippen LogP contribution in [-0.4, -0.2) is 6.29 Å². The van der Waals surface area contributed by atoms with Crippen LogP contribution in [-0.2, 0) is 4.79 Å². The van der Waals surface area contributed by atoms with Gasteiger partial charge < -0.3 is 0 Å². The molecule has 0 aliphatic heterocycles. The van der Waals surface area contributed by atoms with Crippen molar-refractivity contribution in [3.8, 4) is 0 Å². The first-order valence-electron chi connectivity index (χ1n) is 3.06. The molecule has 0 atom stereocenters. The van der Waals surface area contributed by atoms with Crippen molar-refractivity contribution in [1.29, 1.82) is 0 Å². The summed E-state index contributed by atoms with van der Waals surface area (Å²) in [6.45, 7) is 0. The van der Waals surface area contributed by atoms with E-state index in [-0.39, 0.29) is 0 Å². The van der Waals surface area contributed by atoms with E-state index in [9.17, 15) is 9.70 Å². The van der Waals surface area contributed by atoms with E-state index in [1.54, 1.807) is 6.08 Å². The second kappa shape index (κ2) is 3.06. The quantitative estimate of drug-likeness (QED) is 0.428. The van der Waals surface area contributed by atoms with E-state index in [1.165, 1.54) is 6.08 Å². The second-order valence-corrected chi connectivity index (χ2v) is 2.09. The molecule has 10 heavy (non-hydrogen) atoms. The van der Waals surface area contributed by atoms with E-state index in [0.717, 1.165) is 12.7 Å². The summed E-state index contributed by atoms with van der Waals surface area (Å²) in [5.41, 5.74) is 1.02. The molecule has 0 saturated carbocycles. The molecule has 1 rings (SSSR count). The summed E-state index contributed by atoms with van der Waals surface area (Å²) < 4.78 is 0. The highest BCUT2D eigenvalue weighted by atomic mass is 16.3. The van der Waals surface area contributed by atoms with Gasteiger partial charge in [0.2, 0.25) is 0 Å². The van der Waals surface area contributed by atoms with E-state index in [4.69, 9.17) is 0 Å². The maximum Gasteiger partial charge on any atom is 0.149 e. The van der Waals surface area contributed by atoms with Crippen molar-refractivity contribution >= 4 is 6.29 Å². The van der Waals surface area contributed by atoms with Crippen molar-refractivity contribution in [2.24, 2.45) is 5.18 Å². The molecule has 0 heterocycles. The van der Waals surface area contributed by atoms with Gasteiger partial charge in [-0.3, -0.25) is 4.79 Å². The van der Waals surface area contributed by atoms with Crippen LogP contribution in [0.2, 0.25) is 0 Å². The lowest BCUT2D eigenvalue weighted by Gasteiger charge is -2.01. The molecule has 0 fully saturated rings. The van der Waals surface area contributed by atoms with Crippen molar-refractivity contribution in [2.75, 3.05) is 0 Å². The molecule has 1 aliphatic rings. The fraction of sp³-hybridized carbons (Fsp3) is 0.286. The fourth-order valence-corrected chi connectivity index (χ4v) is 0.864. The van der Waals surface area contributed by atoms with E-state index in [1.807, 2.05) is 0 Å². The third-order valence-electron chi connectivity index (χ3n) is 1.37. The Hall–Kier alpha value is -1.25. The smallest absolute Gasteiger partial charge is 0.149 e. The van der Waals surface area contributed by atoms with Gasteiger partial charge in [0.15, 0.2) is 0 Å². The minimum atomic E-state index is 0.463. The van der Waals surface area contributed by atoms with Gasteiger partial charge >= 0.3 is 0 Å². The molecule has 1 aliphatic carbocycles. The summed E-state index contributed by atoms with van der Waals surface area (Å²) in [7, 11) is 0. The van der Waals surface area contributed by atoms with Crippen LogP contribution < -0.4 is 0 Å². The van der Waals surface area contributed by atoms with Gasteiger partial charge in [-0.1, -0.05) is 6.08 Å². The Morgan fingerprint density at radius 3 is 3.00 bits per heavy atom. The Morgan fingerprint density at radius 2 is 2.40 bits per heavy atom. The Labute approximate surface area is 58.4 Å². The zero-order valence-electron chi connectivity index (χ0n) is 5.41. The molecule has 3 heteroatoms. The molecular formula is C7H7NO2. The number of nitroso groups, excluding NO2 is 1. The first kappa shape index (κ1) is 6.86. The molecule has 0 saturated heterocycles. The summed E-state index contributed by atoms with van der Waals surface area (Å²) >= 11 is 0. The van der Waals surface area contributed by atoms with Gasteiger partial charge in [-0.15, -0.1) is 4.91 Å². The number of carbonyl (C=O) groups excluding carboxylic acids is 1. The highest BCUT2D eigenvalue weighted by Gasteiger charge is 2.03. The average Bonchev–Trinajstić information content (AvgIpc) is 2.05. The highest BCUT2D eigenvalue weighted by molar-refractivity contribution is 5.78. The summed E-state index contributed by atoms with van der Waals surface area (Å²) in [6.07, 6.45) is 5.43. The highest BCUT2D eigenvalue weighted by Crippen LogP contribution is 2.16. The van der Waals surface area contributed by atoms with Crippen LogP contribution in [0.5, 0.6) is 0 Å². The van der Waals surface area contributed by atoms with Gasteiger partial charge in [0.1, 0.15) is 6.29 Å². The second-order valence-electron chi connectivity index (χ2n) is 2.09. The van der Waals surface area contributed by atoms with Crippen LogP contribution in [0, 0.1) is 4.91 Å². The largest absolute Gasteiger partial charge is 0.298 e. The number of allylic oxidation sites excluding steroid dienone is 4. The van der Waals surface area contributed by atoms with Gasteiger partial charge in [-0.2, -0.15) is 0 Å². The Balaban J connectivity index is 2.79. The lowest BCUT2D eigenvalue weighted by molar-refractivity contribution is -0.104. The predicted octanol–water partition coefficient (Wildman–Crippen LogP) is 1.56. The van der Waals surface area contributed by atoms with Crippen molar-refractivity contribution in [1.82, 2.24) is 0 Å². The molecule has 0 spiro atoms. The van der Waals surface area contributed by atoms with Gasteiger partial charge in [0.05, 0.1) is 5.70 Å². The van der Waals surface area contributed by atoms with Crippen LogP contribution in [0.3, 0.4) is 0 Å². The van der Waals surface area contributed by atoms with Crippen LogP contribution in [0.4, 0.5) is 0 Å². The molecule has 0 amide bonds. The van der Waals surface area contributed by atoms with Crippen molar-refractivity contribution in [3.05, 3.63) is 28.3 Å². The standard InChI is InChI=1S/C7H7NO2/c9-5-6-2-1-3-7(4-6)8-10/h2,4-5H,1,3H2. The van der Waals surface area contributed by atoms with E-state index >= 15 is 0 Å². The molecule has 0 aromatic rings. The first-order valence-corrected chi connectivity index (χ1v) is 3.06. The average molecular weight is 137 g/mol. The van der Waals surface area contributed by atoms with Crippen molar-refractivity contribution < 1.29 is 4.79 Å². The van der Waals surface area contributed by atoms with Crippen LogP contribution >= 0.6 is 0 Å². The normalized spacial score (nSPS) is 17.2. The van der Waals surface area contributed by atoms with E-state index in [2.05, 4.69) is 5.18 Å². The number of hydrogen-bond donors (Lipinski definition) is 0.